The average molecular weight is 353 g/mol. The van der Waals surface area contributed by atoms with Crippen molar-refractivity contribution in [1.29, 1.82) is 0 Å². The van der Waals surface area contributed by atoms with Crippen molar-refractivity contribution in [2.45, 2.75) is 39.7 Å². The minimum atomic E-state index is -0.372. The van der Waals surface area contributed by atoms with Gasteiger partial charge in [0.2, 0.25) is 0 Å². The fourth-order valence-electron chi connectivity index (χ4n) is 3.40. The summed E-state index contributed by atoms with van der Waals surface area (Å²) in [6.07, 6.45) is 6.42. The Balaban J connectivity index is 2.12. The van der Waals surface area contributed by atoms with E-state index in [1.54, 1.807) is 17.5 Å². The van der Waals surface area contributed by atoms with Crippen LogP contribution in [-0.4, -0.2) is 15.5 Å². The highest BCUT2D eigenvalue weighted by Crippen LogP contribution is 2.33. The van der Waals surface area contributed by atoms with Crippen LogP contribution in [0.2, 0.25) is 0 Å². The Hall–Kier alpha value is -2.40. The molecule has 0 unspecified atom stereocenters. The fourth-order valence-corrected chi connectivity index (χ4v) is 4.10. The number of hydrogen-bond acceptors (Lipinski definition) is 3. The number of nitrogens with zero attached hydrogens (tertiary/aromatic N) is 2. The van der Waals surface area contributed by atoms with E-state index in [9.17, 15) is 4.79 Å². The summed E-state index contributed by atoms with van der Waals surface area (Å²) < 4.78 is 2.27. The van der Waals surface area contributed by atoms with Crippen LogP contribution in [0.1, 0.15) is 40.0 Å². The summed E-state index contributed by atoms with van der Waals surface area (Å²) in [6.45, 7) is 5.00. The van der Waals surface area contributed by atoms with Crippen molar-refractivity contribution in [2.24, 2.45) is 5.73 Å². The van der Waals surface area contributed by atoms with E-state index in [-0.39, 0.29) is 5.91 Å². The number of amides is 1. The summed E-state index contributed by atoms with van der Waals surface area (Å²) in [5.41, 5.74) is 10.4. The van der Waals surface area contributed by atoms with E-state index >= 15 is 0 Å². The third kappa shape index (κ3) is 3.51. The molecule has 0 fully saturated rings. The molecule has 4 nitrogen and oxygen atoms in total. The van der Waals surface area contributed by atoms with E-state index in [1.165, 1.54) is 10.6 Å². The summed E-state index contributed by atoms with van der Waals surface area (Å²) in [5.74, 6) is -0.372. The number of carbonyl (C=O) groups excluding carboxylic acids is 1. The Morgan fingerprint density at radius 1 is 1.28 bits per heavy atom. The molecule has 130 valence electrons. The zero-order valence-corrected chi connectivity index (χ0v) is 15.5. The van der Waals surface area contributed by atoms with Crippen molar-refractivity contribution in [1.82, 2.24) is 9.55 Å². The van der Waals surface area contributed by atoms with Crippen LogP contribution in [0.15, 0.2) is 42.0 Å². The van der Waals surface area contributed by atoms with Crippen molar-refractivity contribution in [3.63, 3.8) is 0 Å². The van der Waals surface area contributed by atoms with Crippen LogP contribution < -0.4 is 5.73 Å². The van der Waals surface area contributed by atoms with Crippen molar-refractivity contribution in [2.75, 3.05) is 0 Å². The molecule has 0 aromatic carbocycles. The molecule has 0 aliphatic rings. The maximum atomic E-state index is 12.2. The Labute approximate surface area is 152 Å². The molecule has 5 heteroatoms. The first-order valence-electron chi connectivity index (χ1n) is 8.58. The highest BCUT2D eigenvalue weighted by molar-refractivity contribution is 7.09. The van der Waals surface area contributed by atoms with Crippen LogP contribution >= 0.6 is 11.3 Å². The minimum Gasteiger partial charge on any atom is -0.366 e. The Kier molecular flexibility index (Phi) is 5.34. The first-order chi connectivity index (χ1) is 12.1. The third-order valence-corrected chi connectivity index (χ3v) is 5.41. The lowest BCUT2D eigenvalue weighted by atomic mass is 9.99. The second-order valence-electron chi connectivity index (χ2n) is 6.12. The van der Waals surface area contributed by atoms with Crippen LogP contribution in [0.3, 0.4) is 0 Å². The van der Waals surface area contributed by atoms with Crippen molar-refractivity contribution >= 4 is 17.2 Å². The second-order valence-corrected chi connectivity index (χ2v) is 7.15. The number of rotatable bonds is 7. The van der Waals surface area contributed by atoms with Gasteiger partial charge in [-0.3, -0.25) is 9.78 Å². The summed E-state index contributed by atoms with van der Waals surface area (Å²) in [4.78, 5) is 17.8. The van der Waals surface area contributed by atoms with Crippen LogP contribution in [0.4, 0.5) is 0 Å². The molecule has 1 amide bonds. The van der Waals surface area contributed by atoms with Gasteiger partial charge in [-0.05, 0) is 37.3 Å². The van der Waals surface area contributed by atoms with Crippen LogP contribution in [0, 0.1) is 6.92 Å². The van der Waals surface area contributed by atoms with Gasteiger partial charge in [-0.15, -0.1) is 11.3 Å². The van der Waals surface area contributed by atoms with Crippen molar-refractivity contribution in [3.8, 4) is 11.1 Å². The van der Waals surface area contributed by atoms with Crippen LogP contribution in [-0.2, 0) is 19.4 Å². The summed E-state index contributed by atoms with van der Waals surface area (Å²) >= 11 is 1.77. The van der Waals surface area contributed by atoms with E-state index in [4.69, 9.17) is 5.73 Å². The molecule has 0 saturated carbocycles. The zero-order chi connectivity index (χ0) is 17.8. The summed E-state index contributed by atoms with van der Waals surface area (Å²) in [6, 6.07) is 8.12. The summed E-state index contributed by atoms with van der Waals surface area (Å²) in [7, 11) is 0. The van der Waals surface area contributed by atoms with E-state index < -0.39 is 0 Å². The molecule has 0 aliphatic carbocycles. The number of pyridine rings is 1. The number of aromatic nitrogens is 2. The molecule has 0 radical (unpaired) electrons. The molecule has 0 bridgehead atoms. The van der Waals surface area contributed by atoms with Crippen molar-refractivity contribution in [3.05, 3.63) is 63.9 Å². The maximum Gasteiger partial charge on any atom is 0.251 e. The lowest BCUT2D eigenvalue weighted by Gasteiger charge is -2.12. The molecule has 0 saturated heterocycles. The largest absolute Gasteiger partial charge is 0.366 e. The lowest BCUT2D eigenvalue weighted by Crippen LogP contribution is -2.13. The first kappa shape index (κ1) is 17.4. The molecule has 0 aliphatic heterocycles. The van der Waals surface area contributed by atoms with E-state index in [2.05, 4.69) is 34.0 Å². The fraction of sp³-hybridized carbons (Fsp3) is 0.300. The quantitative estimate of drug-likeness (QED) is 0.691. The average Bonchev–Trinajstić information content (AvgIpc) is 3.21. The predicted octanol–water partition coefficient (Wildman–Crippen LogP) is 4.21. The van der Waals surface area contributed by atoms with Gasteiger partial charge in [-0.2, -0.15) is 0 Å². The van der Waals surface area contributed by atoms with E-state index in [0.717, 1.165) is 42.6 Å². The third-order valence-electron chi connectivity index (χ3n) is 4.48. The van der Waals surface area contributed by atoms with Gasteiger partial charge in [0, 0.05) is 46.3 Å². The maximum absolute atomic E-state index is 12.2. The Bertz CT molecular complexity index is 851. The summed E-state index contributed by atoms with van der Waals surface area (Å²) in [5, 5.41) is 2.10. The molecular weight excluding hydrogens is 330 g/mol. The predicted molar refractivity (Wildman–Crippen MR) is 103 cm³/mol. The highest BCUT2D eigenvalue weighted by atomic mass is 32.1. The molecule has 3 rings (SSSR count). The van der Waals surface area contributed by atoms with Gasteiger partial charge in [0.05, 0.1) is 5.56 Å². The standard InChI is InChI=1S/C20H23N3OS/c1-3-6-17-19(15-7-4-10-22-13-15)18(20(21)24)14(2)23(17)11-9-16-8-5-12-25-16/h4-5,7-8,10,12-13H,3,6,9,11H2,1-2H3,(H2,21,24). The zero-order valence-electron chi connectivity index (χ0n) is 14.7. The van der Waals surface area contributed by atoms with Gasteiger partial charge in [0.15, 0.2) is 0 Å². The number of carbonyl (C=O) groups is 1. The lowest BCUT2D eigenvalue weighted by molar-refractivity contribution is 0.1000. The highest BCUT2D eigenvalue weighted by Gasteiger charge is 2.24. The second kappa shape index (κ2) is 7.66. The number of hydrogen-bond donors (Lipinski definition) is 1. The number of nitrogens with two attached hydrogens (primary N) is 1. The first-order valence-corrected chi connectivity index (χ1v) is 9.46. The molecule has 2 N–H and O–H groups in total. The smallest absolute Gasteiger partial charge is 0.251 e. The Morgan fingerprint density at radius 2 is 2.12 bits per heavy atom. The van der Waals surface area contributed by atoms with Gasteiger partial charge in [-0.25, -0.2) is 0 Å². The topological polar surface area (TPSA) is 60.9 Å². The van der Waals surface area contributed by atoms with Crippen LogP contribution in [0.5, 0.6) is 0 Å². The minimum absolute atomic E-state index is 0.372. The molecule has 25 heavy (non-hydrogen) atoms. The van der Waals surface area contributed by atoms with Gasteiger partial charge in [-0.1, -0.05) is 25.5 Å². The van der Waals surface area contributed by atoms with E-state index in [1.807, 2.05) is 25.3 Å². The van der Waals surface area contributed by atoms with Gasteiger partial charge in [0.25, 0.3) is 5.91 Å². The van der Waals surface area contributed by atoms with E-state index in [0.29, 0.717) is 5.56 Å². The van der Waals surface area contributed by atoms with Crippen molar-refractivity contribution < 1.29 is 4.79 Å². The number of primary amides is 1. The normalized spacial score (nSPS) is 11.0. The molecule has 3 aromatic rings. The molecule has 0 spiro atoms. The van der Waals surface area contributed by atoms with Gasteiger partial charge < -0.3 is 10.3 Å². The Morgan fingerprint density at radius 3 is 2.72 bits per heavy atom. The molecule has 0 atom stereocenters. The monoisotopic (exact) mass is 353 g/mol. The number of thiophene rings is 1. The SMILES string of the molecule is CCCc1c(-c2cccnc2)c(C(N)=O)c(C)n1CCc1cccs1. The molecule has 3 aromatic heterocycles. The van der Waals surface area contributed by atoms with Crippen LogP contribution in [0.25, 0.3) is 11.1 Å². The molecule has 3 heterocycles. The van der Waals surface area contributed by atoms with Gasteiger partial charge in [0.1, 0.15) is 0 Å². The molecular formula is C20H23N3OS. The van der Waals surface area contributed by atoms with Gasteiger partial charge >= 0.3 is 0 Å². The number of aryl methyl sites for hydroxylation is 1.